The minimum atomic E-state index is -0.0757. The molecule has 3 heteroatoms. The molecule has 3 saturated carbocycles. The predicted octanol–water partition coefficient (Wildman–Crippen LogP) is 1.47. The van der Waals surface area contributed by atoms with Gasteiger partial charge in [0.25, 0.3) is 0 Å². The third-order valence-electron chi connectivity index (χ3n) is 5.39. The van der Waals surface area contributed by atoms with Gasteiger partial charge < -0.3 is 16.8 Å². The molecule has 3 rings (SSSR count). The van der Waals surface area contributed by atoms with E-state index in [1.54, 1.807) is 0 Å². The summed E-state index contributed by atoms with van der Waals surface area (Å²) in [5.41, 5.74) is 12.9. The molecule has 0 aromatic carbocycles. The van der Waals surface area contributed by atoms with Gasteiger partial charge >= 0.3 is 0 Å². The highest BCUT2D eigenvalue weighted by atomic mass is 15.1. The van der Waals surface area contributed by atoms with Gasteiger partial charge in [-0.05, 0) is 25.8 Å². The normalized spacial score (nSPS) is 48.8. The van der Waals surface area contributed by atoms with Crippen LogP contribution in [0, 0.1) is 11.3 Å². The molecule has 3 aliphatic rings. The first kappa shape index (κ1) is 13.9. The lowest BCUT2D eigenvalue weighted by Gasteiger charge is -2.74. The van der Waals surface area contributed by atoms with Gasteiger partial charge in [0.15, 0.2) is 0 Å². The van der Waals surface area contributed by atoms with Crippen molar-refractivity contribution in [3.63, 3.8) is 0 Å². The van der Waals surface area contributed by atoms with Crippen molar-refractivity contribution in [1.29, 1.82) is 0 Å². The average Bonchev–Trinajstić information content (AvgIpc) is 2.25. The van der Waals surface area contributed by atoms with Crippen LogP contribution < -0.4 is 16.8 Å². The zero-order chi connectivity index (χ0) is 12.8. The molecule has 4 atom stereocenters. The first-order valence-corrected chi connectivity index (χ1v) is 6.53. The van der Waals surface area contributed by atoms with E-state index in [1.807, 2.05) is 20.9 Å². The summed E-state index contributed by atoms with van der Waals surface area (Å²) in [6, 6.07) is 0.478. The molecule has 0 aromatic heterocycles. The molecule has 0 amide bonds. The van der Waals surface area contributed by atoms with Gasteiger partial charge in [0, 0.05) is 22.5 Å². The Balaban J connectivity index is 0.000000606. The SMILES string of the molecule is CC.CNC1CC2(N)CC(N)(C1C)C2(C)C. The highest BCUT2D eigenvalue weighted by Gasteiger charge is 2.71. The molecule has 3 fully saturated rings. The Morgan fingerprint density at radius 3 is 2.06 bits per heavy atom. The summed E-state index contributed by atoms with van der Waals surface area (Å²) in [5.74, 6) is 0.507. The number of nitrogens with one attached hydrogen (secondary N) is 1. The molecule has 96 valence electrons. The molecule has 2 bridgehead atoms. The largest absolute Gasteiger partial charge is 0.324 e. The maximum atomic E-state index is 6.50. The van der Waals surface area contributed by atoms with Crippen molar-refractivity contribution in [3.05, 3.63) is 0 Å². The summed E-state index contributed by atoms with van der Waals surface area (Å²) in [7, 11) is 2.01. The van der Waals surface area contributed by atoms with E-state index < -0.39 is 0 Å². The predicted molar refractivity (Wildman–Crippen MR) is 70.2 cm³/mol. The van der Waals surface area contributed by atoms with Crippen molar-refractivity contribution in [3.8, 4) is 0 Å². The number of hydrogen-bond donors (Lipinski definition) is 3. The third kappa shape index (κ3) is 1.38. The smallest absolute Gasteiger partial charge is 0.0282 e. The summed E-state index contributed by atoms with van der Waals surface area (Å²) in [6.45, 7) is 10.7. The van der Waals surface area contributed by atoms with Crippen LogP contribution in [0.2, 0.25) is 0 Å². The van der Waals surface area contributed by atoms with E-state index in [0.717, 1.165) is 12.8 Å². The van der Waals surface area contributed by atoms with Crippen LogP contribution in [0.4, 0.5) is 0 Å². The van der Waals surface area contributed by atoms with E-state index in [0.29, 0.717) is 12.0 Å². The monoisotopic (exact) mass is 227 g/mol. The highest BCUT2D eigenvalue weighted by molar-refractivity contribution is 5.30. The Labute approximate surface area is 100 Å². The number of rotatable bonds is 1. The fourth-order valence-corrected chi connectivity index (χ4v) is 3.66. The Kier molecular flexibility index (Phi) is 3.46. The Morgan fingerprint density at radius 2 is 1.69 bits per heavy atom. The summed E-state index contributed by atoms with van der Waals surface area (Å²) in [6.07, 6.45) is 2.03. The first-order chi connectivity index (χ1) is 7.28. The van der Waals surface area contributed by atoms with Crippen LogP contribution in [0.5, 0.6) is 0 Å². The van der Waals surface area contributed by atoms with Gasteiger partial charge in [-0.3, -0.25) is 0 Å². The lowest BCUT2D eigenvalue weighted by Crippen LogP contribution is -2.87. The molecule has 0 aliphatic heterocycles. The van der Waals surface area contributed by atoms with Gasteiger partial charge in [-0.15, -0.1) is 0 Å². The third-order valence-corrected chi connectivity index (χ3v) is 5.39. The highest BCUT2D eigenvalue weighted by Crippen LogP contribution is 2.63. The molecule has 4 unspecified atom stereocenters. The minimum absolute atomic E-state index is 0.0536. The Bertz CT molecular complexity index is 264. The van der Waals surface area contributed by atoms with E-state index in [4.69, 9.17) is 11.5 Å². The second-order valence-electron chi connectivity index (χ2n) is 5.89. The Morgan fingerprint density at radius 1 is 1.19 bits per heavy atom. The summed E-state index contributed by atoms with van der Waals surface area (Å²) < 4.78 is 0. The quantitative estimate of drug-likeness (QED) is 0.635. The van der Waals surface area contributed by atoms with Crippen LogP contribution in [-0.2, 0) is 0 Å². The molecular weight excluding hydrogens is 198 g/mol. The molecule has 0 spiro atoms. The van der Waals surface area contributed by atoms with Gasteiger partial charge in [-0.1, -0.05) is 34.6 Å². The summed E-state index contributed by atoms with van der Waals surface area (Å²) in [4.78, 5) is 0. The standard InChI is InChI=1S/C11H23N3.C2H6/c1-7-8(14-4)5-10(12)6-11(7,13)9(10,2)3;1-2/h7-8,14H,5-6,12-13H2,1-4H3;1-2H3. The number of nitrogens with two attached hydrogens (primary N) is 2. The van der Waals surface area contributed by atoms with Crippen LogP contribution >= 0.6 is 0 Å². The van der Waals surface area contributed by atoms with Crippen molar-refractivity contribution in [2.45, 2.75) is 64.6 Å². The number of hydrogen-bond acceptors (Lipinski definition) is 3. The van der Waals surface area contributed by atoms with Crippen molar-refractivity contribution in [2.75, 3.05) is 7.05 Å². The van der Waals surface area contributed by atoms with Crippen molar-refractivity contribution >= 4 is 0 Å². The van der Waals surface area contributed by atoms with E-state index in [2.05, 4.69) is 26.1 Å². The van der Waals surface area contributed by atoms with E-state index in [1.165, 1.54) is 0 Å². The van der Waals surface area contributed by atoms with Gasteiger partial charge in [-0.25, -0.2) is 0 Å². The van der Waals surface area contributed by atoms with Crippen molar-refractivity contribution in [2.24, 2.45) is 22.8 Å². The molecule has 0 aromatic rings. The van der Waals surface area contributed by atoms with Crippen LogP contribution in [0.3, 0.4) is 0 Å². The van der Waals surface area contributed by atoms with E-state index >= 15 is 0 Å². The van der Waals surface area contributed by atoms with Crippen LogP contribution in [0.1, 0.15) is 47.5 Å². The molecule has 16 heavy (non-hydrogen) atoms. The molecular formula is C13H29N3. The molecule has 0 saturated heterocycles. The fraction of sp³-hybridized carbons (Fsp3) is 1.00. The lowest BCUT2D eigenvalue weighted by molar-refractivity contribution is -0.155. The van der Waals surface area contributed by atoms with Gasteiger partial charge in [0.2, 0.25) is 0 Å². The topological polar surface area (TPSA) is 64.1 Å². The maximum absolute atomic E-state index is 6.50. The fourth-order valence-electron chi connectivity index (χ4n) is 3.66. The van der Waals surface area contributed by atoms with Crippen LogP contribution in [0.25, 0.3) is 0 Å². The van der Waals surface area contributed by atoms with Gasteiger partial charge in [0.1, 0.15) is 0 Å². The second kappa shape index (κ2) is 3.97. The van der Waals surface area contributed by atoms with E-state index in [-0.39, 0.29) is 16.5 Å². The first-order valence-electron chi connectivity index (χ1n) is 6.53. The molecule has 5 N–H and O–H groups in total. The lowest BCUT2D eigenvalue weighted by atomic mass is 9.36. The van der Waals surface area contributed by atoms with Gasteiger partial charge in [-0.2, -0.15) is 0 Å². The second-order valence-corrected chi connectivity index (χ2v) is 5.89. The molecule has 0 radical (unpaired) electrons. The zero-order valence-electron chi connectivity index (χ0n) is 11.7. The average molecular weight is 227 g/mol. The zero-order valence-corrected chi connectivity index (χ0v) is 11.7. The number of fused-ring (bicyclic) bond motifs is 2. The van der Waals surface area contributed by atoms with Gasteiger partial charge in [0.05, 0.1) is 0 Å². The molecule has 3 nitrogen and oxygen atoms in total. The molecule has 3 aliphatic carbocycles. The van der Waals surface area contributed by atoms with Crippen LogP contribution in [-0.4, -0.2) is 24.2 Å². The van der Waals surface area contributed by atoms with Crippen LogP contribution in [0.15, 0.2) is 0 Å². The van der Waals surface area contributed by atoms with Crippen molar-refractivity contribution < 1.29 is 0 Å². The molecule has 0 heterocycles. The minimum Gasteiger partial charge on any atom is -0.324 e. The van der Waals surface area contributed by atoms with Crippen molar-refractivity contribution in [1.82, 2.24) is 5.32 Å². The maximum Gasteiger partial charge on any atom is 0.0282 e. The summed E-state index contributed by atoms with van der Waals surface area (Å²) in [5, 5.41) is 3.34. The Hall–Kier alpha value is -0.120. The van der Waals surface area contributed by atoms with E-state index in [9.17, 15) is 0 Å². The summed E-state index contributed by atoms with van der Waals surface area (Å²) >= 11 is 0.